The lowest BCUT2D eigenvalue weighted by Crippen LogP contribution is -2.44. The molecule has 8 nitrogen and oxygen atoms in total. The number of rotatable bonds is 6. The third kappa shape index (κ3) is 4.93. The molecule has 1 aliphatic rings. The highest BCUT2D eigenvalue weighted by atomic mass is 16.5. The van der Waals surface area contributed by atoms with Crippen molar-refractivity contribution in [2.75, 3.05) is 30.4 Å². The first-order valence-electron chi connectivity index (χ1n) is 12.1. The van der Waals surface area contributed by atoms with Crippen LogP contribution in [0, 0.1) is 12.8 Å². The summed E-state index contributed by atoms with van der Waals surface area (Å²) < 4.78 is 6.87. The van der Waals surface area contributed by atoms with Gasteiger partial charge in [0.05, 0.1) is 19.6 Å². The van der Waals surface area contributed by atoms with Crippen LogP contribution in [0.1, 0.15) is 24.0 Å². The predicted octanol–water partition coefficient (Wildman–Crippen LogP) is 4.01. The topological polar surface area (TPSA) is 89.3 Å². The molecular formula is C28H29N5O3. The Morgan fingerprint density at radius 1 is 1.11 bits per heavy atom. The lowest BCUT2D eigenvalue weighted by atomic mass is 9.97. The minimum atomic E-state index is -0.253. The molecule has 1 amide bonds. The average molecular weight is 484 g/mol. The molecule has 1 saturated heterocycles. The second-order valence-electron chi connectivity index (χ2n) is 9.16. The summed E-state index contributed by atoms with van der Waals surface area (Å²) in [4.78, 5) is 37.8. The van der Waals surface area contributed by atoms with Crippen LogP contribution in [-0.4, -0.2) is 40.6 Å². The number of anilines is 2. The smallest absolute Gasteiger partial charge is 0.295 e. The lowest BCUT2D eigenvalue weighted by Gasteiger charge is -2.32. The van der Waals surface area contributed by atoms with E-state index < -0.39 is 0 Å². The summed E-state index contributed by atoms with van der Waals surface area (Å²) in [6.45, 7) is 3.54. The molecule has 0 spiro atoms. The number of pyridine rings is 1. The van der Waals surface area contributed by atoms with Gasteiger partial charge in [0.1, 0.15) is 11.3 Å². The first-order valence-corrected chi connectivity index (χ1v) is 12.1. The van der Waals surface area contributed by atoms with Crippen LogP contribution in [0.5, 0.6) is 5.75 Å². The van der Waals surface area contributed by atoms with Gasteiger partial charge in [0.15, 0.2) is 11.5 Å². The fourth-order valence-corrected chi connectivity index (χ4v) is 4.59. The number of carbonyl (C=O) groups excluding carboxylic acids is 1. The van der Waals surface area contributed by atoms with Gasteiger partial charge in [-0.3, -0.25) is 14.2 Å². The molecule has 1 N–H and O–H groups in total. The summed E-state index contributed by atoms with van der Waals surface area (Å²) in [6.07, 6.45) is 3.23. The number of aryl methyl sites for hydroxylation is 1. The fourth-order valence-electron chi connectivity index (χ4n) is 4.59. The van der Waals surface area contributed by atoms with Crippen molar-refractivity contribution in [3.05, 3.63) is 88.3 Å². The van der Waals surface area contributed by atoms with Gasteiger partial charge in [-0.05, 0) is 61.7 Å². The van der Waals surface area contributed by atoms with Crippen molar-refractivity contribution >= 4 is 28.6 Å². The van der Waals surface area contributed by atoms with E-state index in [1.54, 1.807) is 17.9 Å². The molecular weight excluding hydrogens is 454 g/mol. The number of hydrogen-bond donors (Lipinski definition) is 1. The SMILES string of the molecule is COc1ccc(NC(=O)C2CCCN(c3nc4cccnc4n(Cc4ccc(C)cc4)c3=O)C2)cc1. The Bertz CT molecular complexity index is 1430. The van der Waals surface area contributed by atoms with Crippen LogP contribution < -0.4 is 20.5 Å². The molecule has 36 heavy (non-hydrogen) atoms. The molecule has 1 atom stereocenters. The number of hydrogen-bond acceptors (Lipinski definition) is 6. The molecule has 5 rings (SSSR count). The quantitative estimate of drug-likeness (QED) is 0.446. The second-order valence-corrected chi connectivity index (χ2v) is 9.16. The first kappa shape index (κ1) is 23.5. The van der Waals surface area contributed by atoms with Crippen LogP contribution >= 0.6 is 0 Å². The van der Waals surface area contributed by atoms with Crippen LogP contribution in [0.4, 0.5) is 11.5 Å². The third-order valence-corrected chi connectivity index (χ3v) is 6.60. The van der Waals surface area contributed by atoms with E-state index in [2.05, 4.69) is 10.3 Å². The van der Waals surface area contributed by atoms with E-state index in [4.69, 9.17) is 9.72 Å². The number of aromatic nitrogens is 3. The Hall–Kier alpha value is -4.20. The van der Waals surface area contributed by atoms with Gasteiger partial charge in [0.2, 0.25) is 5.91 Å². The minimum absolute atomic E-state index is 0.0627. The van der Waals surface area contributed by atoms with E-state index in [0.717, 1.165) is 29.7 Å². The number of carbonyl (C=O) groups is 1. The van der Waals surface area contributed by atoms with Gasteiger partial charge >= 0.3 is 0 Å². The molecule has 0 radical (unpaired) electrons. The van der Waals surface area contributed by atoms with Crippen molar-refractivity contribution in [3.8, 4) is 5.75 Å². The van der Waals surface area contributed by atoms with Gasteiger partial charge in [0, 0.05) is 25.0 Å². The number of nitrogens with zero attached hydrogens (tertiary/aromatic N) is 4. The highest BCUT2D eigenvalue weighted by Crippen LogP contribution is 2.23. The fraction of sp³-hybridized carbons (Fsp3) is 0.286. The number of piperidine rings is 1. The molecule has 2 aromatic carbocycles. The van der Waals surface area contributed by atoms with Crippen LogP contribution in [0.15, 0.2) is 71.7 Å². The van der Waals surface area contributed by atoms with Gasteiger partial charge < -0.3 is 15.0 Å². The van der Waals surface area contributed by atoms with E-state index >= 15 is 0 Å². The van der Waals surface area contributed by atoms with Crippen molar-refractivity contribution < 1.29 is 9.53 Å². The van der Waals surface area contributed by atoms with Crippen LogP contribution in [-0.2, 0) is 11.3 Å². The summed E-state index contributed by atoms with van der Waals surface area (Å²) in [5.41, 5.74) is 3.91. The van der Waals surface area contributed by atoms with E-state index in [0.29, 0.717) is 42.3 Å². The molecule has 8 heteroatoms. The molecule has 0 aliphatic carbocycles. The standard InChI is InChI=1S/C28H29N5O3/c1-19-7-9-20(10-8-19)17-33-25-24(6-3-15-29-25)31-26(28(33)35)32-16-4-5-21(18-32)27(34)30-22-11-13-23(36-2)14-12-22/h3,6-15,21H,4-5,16-18H2,1-2H3,(H,30,34). The van der Waals surface area contributed by atoms with Crippen molar-refractivity contribution in [1.82, 2.24) is 14.5 Å². The van der Waals surface area contributed by atoms with E-state index in [1.807, 2.05) is 72.5 Å². The predicted molar refractivity (Wildman–Crippen MR) is 141 cm³/mol. The average Bonchev–Trinajstić information content (AvgIpc) is 2.91. The van der Waals surface area contributed by atoms with E-state index in [-0.39, 0.29) is 17.4 Å². The van der Waals surface area contributed by atoms with Gasteiger partial charge in [0.25, 0.3) is 5.56 Å². The molecule has 1 fully saturated rings. The van der Waals surface area contributed by atoms with E-state index in [9.17, 15) is 9.59 Å². The summed E-state index contributed by atoms with van der Waals surface area (Å²) in [6, 6.07) is 19.1. The number of amides is 1. The number of benzene rings is 2. The maximum absolute atomic E-state index is 13.7. The maximum atomic E-state index is 13.7. The molecule has 184 valence electrons. The molecule has 1 unspecified atom stereocenters. The Morgan fingerprint density at radius 3 is 2.64 bits per heavy atom. The van der Waals surface area contributed by atoms with Gasteiger partial charge in [-0.25, -0.2) is 9.97 Å². The summed E-state index contributed by atoms with van der Waals surface area (Å²) in [5.74, 6) is 0.782. The summed E-state index contributed by atoms with van der Waals surface area (Å²) in [7, 11) is 1.61. The minimum Gasteiger partial charge on any atom is -0.497 e. The Kier molecular flexibility index (Phi) is 6.66. The maximum Gasteiger partial charge on any atom is 0.295 e. The molecule has 1 aliphatic heterocycles. The largest absolute Gasteiger partial charge is 0.497 e. The van der Waals surface area contributed by atoms with Crippen LogP contribution in [0.3, 0.4) is 0 Å². The van der Waals surface area contributed by atoms with Crippen molar-refractivity contribution in [1.29, 1.82) is 0 Å². The molecule has 4 aromatic rings. The molecule has 2 aromatic heterocycles. The zero-order chi connectivity index (χ0) is 25.1. The molecule has 3 heterocycles. The Labute approximate surface area is 209 Å². The van der Waals surface area contributed by atoms with Crippen molar-refractivity contribution in [2.45, 2.75) is 26.3 Å². The Balaban J connectivity index is 1.42. The zero-order valence-electron chi connectivity index (χ0n) is 20.5. The highest BCUT2D eigenvalue weighted by molar-refractivity contribution is 5.93. The van der Waals surface area contributed by atoms with Crippen molar-refractivity contribution in [2.24, 2.45) is 5.92 Å². The van der Waals surface area contributed by atoms with Crippen molar-refractivity contribution in [3.63, 3.8) is 0 Å². The van der Waals surface area contributed by atoms with Gasteiger partial charge in [-0.1, -0.05) is 29.8 Å². The van der Waals surface area contributed by atoms with Gasteiger partial charge in [-0.15, -0.1) is 0 Å². The van der Waals surface area contributed by atoms with Gasteiger partial charge in [-0.2, -0.15) is 0 Å². The first-order chi connectivity index (χ1) is 17.5. The monoisotopic (exact) mass is 483 g/mol. The zero-order valence-corrected chi connectivity index (χ0v) is 20.5. The normalized spacial score (nSPS) is 15.6. The Morgan fingerprint density at radius 2 is 1.89 bits per heavy atom. The molecule has 0 saturated carbocycles. The number of nitrogens with one attached hydrogen (secondary N) is 1. The second kappa shape index (κ2) is 10.2. The van der Waals surface area contributed by atoms with Crippen LogP contribution in [0.2, 0.25) is 0 Å². The summed E-state index contributed by atoms with van der Waals surface area (Å²) >= 11 is 0. The number of ether oxygens (including phenoxy) is 1. The third-order valence-electron chi connectivity index (χ3n) is 6.60. The van der Waals surface area contributed by atoms with Crippen LogP contribution in [0.25, 0.3) is 11.2 Å². The highest BCUT2D eigenvalue weighted by Gasteiger charge is 2.29. The lowest BCUT2D eigenvalue weighted by molar-refractivity contribution is -0.120. The van der Waals surface area contributed by atoms with E-state index in [1.165, 1.54) is 0 Å². The number of methoxy groups -OCH3 is 1. The number of fused-ring (bicyclic) bond motifs is 1. The summed E-state index contributed by atoms with van der Waals surface area (Å²) in [5, 5.41) is 2.99. The molecule has 0 bridgehead atoms.